The fourth-order valence-corrected chi connectivity index (χ4v) is 2.92. The second-order valence-corrected chi connectivity index (χ2v) is 5.20. The summed E-state index contributed by atoms with van der Waals surface area (Å²) < 4.78 is 5.81. The van der Waals surface area contributed by atoms with E-state index >= 15 is 0 Å². The number of benzene rings is 1. The summed E-state index contributed by atoms with van der Waals surface area (Å²) in [4.78, 5) is 2.33. The summed E-state index contributed by atoms with van der Waals surface area (Å²) in [5.74, 6) is 0. The van der Waals surface area contributed by atoms with E-state index in [1.807, 2.05) is 18.2 Å². The van der Waals surface area contributed by atoms with Gasteiger partial charge in [-0.25, -0.2) is 0 Å². The van der Waals surface area contributed by atoms with Gasteiger partial charge in [0.1, 0.15) is 0 Å². The Balaban J connectivity index is 1.82. The van der Waals surface area contributed by atoms with Crippen molar-refractivity contribution in [3.05, 3.63) is 28.8 Å². The third-order valence-electron chi connectivity index (χ3n) is 3.62. The molecular formula is C13H16ClNO2. The standard InChI is InChI=1S/C13H16ClNO2/c14-13-5-10(2-1-9(13)8-16)15-6-11-3-4-12(7-15)17-11/h1-2,5,11-12,16H,3-4,6-8H2. The van der Waals surface area contributed by atoms with Crippen LogP contribution in [0.4, 0.5) is 5.69 Å². The van der Waals surface area contributed by atoms with Crippen LogP contribution < -0.4 is 4.90 Å². The van der Waals surface area contributed by atoms with E-state index in [4.69, 9.17) is 21.4 Å². The molecule has 1 aromatic carbocycles. The van der Waals surface area contributed by atoms with Crippen LogP contribution >= 0.6 is 11.6 Å². The monoisotopic (exact) mass is 253 g/mol. The van der Waals surface area contributed by atoms with Gasteiger partial charge < -0.3 is 14.7 Å². The zero-order chi connectivity index (χ0) is 11.8. The first-order chi connectivity index (χ1) is 8.26. The molecule has 0 aromatic heterocycles. The first kappa shape index (κ1) is 11.3. The third-order valence-corrected chi connectivity index (χ3v) is 3.97. The molecule has 2 fully saturated rings. The summed E-state index contributed by atoms with van der Waals surface area (Å²) in [6.45, 7) is 1.89. The molecular weight excluding hydrogens is 238 g/mol. The van der Waals surface area contributed by atoms with Crippen molar-refractivity contribution in [3.8, 4) is 0 Å². The second kappa shape index (κ2) is 4.48. The molecule has 2 bridgehead atoms. The Hall–Kier alpha value is -0.770. The number of ether oxygens (including phenoxy) is 1. The quantitative estimate of drug-likeness (QED) is 0.877. The normalized spacial score (nSPS) is 27.5. The van der Waals surface area contributed by atoms with E-state index in [1.54, 1.807) is 0 Å². The van der Waals surface area contributed by atoms with Crippen molar-refractivity contribution < 1.29 is 9.84 Å². The highest BCUT2D eigenvalue weighted by Gasteiger charge is 2.33. The van der Waals surface area contributed by atoms with E-state index in [9.17, 15) is 0 Å². The van der Waals surface area contributed by atoms with Gasteiger partial charge in [0.2, 0.25) is 0 Å². The van der Waals surface area contributed by atoms with Crippen molar-refractivity contribution in [2.45, 2.75) is 31.7 Å². The molecule has 2 aliphatic rings. The Bertz CT molecular complexity index is 412. The Morgan fingerprint density at radius 3 is 2.59 bits per heavy atom. The van der Waals surface area contributed by atoms with Gasteiger partial charge in [-0.3, -0.25) is 0 Å². The van der Waals surface area contributed by atoms with Gasteiger partial charge in [0.05, 0.1) is 18.8 Å². The average Bonchev–Trinajstić information content (AvgIpc) is 2.68. The number of halogens is 1. The van der Waals surface area contributed by atoms with Crippen LogP contribution in [0.15, 0.2) is 18.2 Å². The minimum absolute atomic E-state index is 0.00647. The summed E-state index contributed by atoms with van der Waals surface area (Å²) in [5, 5.41) is 9.74. The lowest BCUT2D eigenvalue weighted by molar-refractivity contribution is 0.0305. The molecule has 2 aliphatic heterocycles. The molecule has 0 spiro atoms. The number of hydrogen-bond donors (Lipinski definition) is 1. The van der Waals surface area contributed by atoms with Gasteiger partial charge in [-0.05, 0) is 30.5 Å². The maximum atomic E-state index is 9.10. The van der Waals surface area contributed by atoms with E-state index in [2.05, 4.69) is 4.90 Å². The molecule has 0 saturated carbocycles. The maximum Gasteiger partial charge on any atom is 0.0755 e. The first-order valence-corrected chi connectivity index (χ1v) is 6.44. The van der Waals surface area contributed by atoms with Crippen molar-refractivity contribution in [3.63, 3.8) is 0 Å². The number of morpholine rings is 1. The van der Waals surface area contributed by atoms with Crippen LogP contribution in [0.2, 0.25) is 5.02 Å². The minimum atomic E-state index is -0.00647. The molecule has 2 unspecified atom stereocenters. The molecule has 1 aromatic rings. The van der Waals surface area contributed by atoms with Gasteiger partial charge in [0, 0.05) is 23.8 Å². The minimum Gasteiger partial charge on any atom is -0.392 e. The van der Waals surface area contributed by atoms with Crippen LogP contribution in [0, 0.1) is 0 Å². The van der Waals surface area contributed by atoms with Gasteiger partial charge >= 0.3 is 0 Å². The molecule has 92 valence electrons. The van der Waals surface area contributed by atoms with E-state index in [0.29, 0.717) is 17.2 Å². The summed E-state index contributed by atoms with van der Waals surface area (Å²) in [7, 11) is 0. The summed E-state index contributed by atoms with van der Waals surface area (Å²) in [6.07, 6.45) is 3.10. The fraction of sp³-hybridized carbons (Fsp3) is 0.538. The number of aliphatic hydroxyl groups excluding tert-OH is 1. The third kappa shape index (κ3) is 2.15. The summed E-state index contributed by atoms with van der Waals surface area (Å²) >= 11 is 6.12. The van der Waals surface area contributed by atoms with Crippen LogP contribution in [0.1, 0.15) is 18.4 Å². The van der Waals surface area contributed by atoms with Crippen molar-refractivity contribution in [1.82, 2.24) is 0 Å². The summed E-state index contributed by atoms with van der Waals surface area (Å²) in [5.41, 5.74) is 1.92. The Labute approximate surface area is 106 Å². The number of nitrogens with zero attached hydrogens (tertiary/aromatic N) is 1. The number of aliphatic hydroxyl groups is 1. The smallest absolute Gasteiger partial charge is 0.0755 e. The Morgan fingerprint density at radius 2 is 2.00 bits per heavy atom. The SMILES string of the molecule is OCc1ccc(N2CC3CCC(C2)O3)cc1Cl. The van der Waals surface area contributed by atoms with Crippen LogP contribution in [0.25, 0.3) is 0 Å². The Kier molecular flexibility index (Phi) is 2.99. The van der Waals surface area contributed by atoms with Crippen LogP contribution in [-0.4, -0.2) is 30.4 Å². The predicted molar refractivity (Wildman–Crippen MR) is 67.5 cm³/mol. The van der Waals surface area contributed by atoms with Gasteiger partial charge in [-0.2, -0.15) is 0 Å². The van der Waals surface area contributed by atoms with Crippen molar-refractivity contribution in [2.75, 3.05) is 18.0 Å². The van der Waals surface area contributed by atoms with Gasteiger partial charge in [0.25, 0.3) is 0 Å². The zero-order valence-electron chi connectivity index (χ0n) is 9.60. The topological polar surface area (TPSA) is 32.7 Å². The predicted octanol–water partition coefficient (Wildman–Crippen LogP) is 2.20. The second-order valence-electron chi connectivity index (χ2n) is 4.80. The molecule has 3 rings (SSSR count). The fourth-order valence-electron chi connectivity index (χ4n) is 2.69. The molecule has 2 atom stereocenters. The highest BCUT2D eigenvalue weighted by molar-refractivity contribution is 6.31. The molecule has 3 nitrogen and oxygen atoms in total. The largest absolute Gasteiger partial charge is 0.392 e. The molecule has 0 radical (unpaired) electrons. The molecule has 2 heterocycles. The van der Waals surface area contributed by atoms with Crippen LogP contribution in [-0.2, 0) is 11.3 Å². The molecule has 17 heavy (non-hydrogen) atoms. The van der Waals surface area contributed by atoms with Crippen molar-refractivity contribution in [2.24, 2.45) is 0 Å². The number of fused-ring (bicyclic) bond motifs is 2. The number of anilines is 1. The number of hydrogen-bond acceptors (Lipinski definition) is 3. The van der Waals surface area contributed by atoms with E-state index in [-0.39, 0.29) is 6.61 Å². The van der Waals surface area contributed by atoms with Crippen LogP contribution in [0.5, 0.6) is 0 Å². The first-order valence-electron chi connectivity index (χ1n) is 6.06. The molecule has 2 saturated heterocycles. The van der Waals surface area contributed by atoms with E-state index < -0.39 is 0 Å². The lowest BCUT2D eigenvalue weighted by Crippen LogP contribution is -2.42. The molecule has 1 N–H and O–H groups in total. The zero-order valence-corrected chi connectivity index (χ0v) is 10.4. The average molecular weight is 254 g/mol. The number of rotatable bonds is 2. The summed E-state index contributed by atoms with van der Waals surface area (Å²) in [6, 6.07) is 5.87. The molecule has 0 aliphatic carbocycles. The lowest BCUT2D eigenvalue weighted by atomic mass is 10.2. The van der Waals surface area contributed by atoms with E-state index in [1.165, 1.54) is 12.8 Å². The van der Waals surface area contributed by atoms with E-state index in [0.717, 1.165) is 24.3 Å². The Morgan fingerprint density at radius 1 is 1.29 bits per heavy atom. The molecule has 0 amide bonds. The maximum absolute atomic E-state index is 9.10. The van der Waals surface area contributed by atoms with Crippen molar-refractivity contribution in [1.29, 1.82) is 0 Å². The highest BCUT2D eigenvalue weighted by atomic mass is 35.5. The van der Waals surface area contributed by atoms with Gasteiger partial charge in [-0.15, -0.1) is 0 Å². The van der Waals surface area contributed by atoms with Gasteiger partial charge in [-0.1, -0.05) is 17.7 Å². The molecule has 4 heteroatoms. The lowest BCUT2D eigenvalue weighted by Gasteiger charge is -2.34. The van der Waals surface area contributed by atoms with Crippen molar-refractivity contribution >= 4 is 17.3 Å². The van der Waals surface area contributed by atoms with Crippen LogP contribution in [0.3, 0.4) is 0 Å². The highest BCUT2D eigenvalue weighted by Crippen LogP contribution is 2.31. The van der Waals surface area contributed by atoms with Gasteiger partial charge in [0.15, 0.2) is 0 Å².